The molecular weight excluding hydrogens is 376 g/mol. The van der Waals surface area contributed by atoms with Crippen LogP contribution in [-0.2, 0) is 0 Å². The van der Waals surface area contributed by atoms with E-state index in [1.54, 1.807) is 11.8 Å². The molecule has 2 aromatic carbocycles. The molecule has 6 heteroatoms. The van der Waals surface area contributed by atoms with E-state index in [9.17, 15) is 0 Å². The van der Waals surface area contributed by atoms with Crippen molar-refractivity contribution < 1.29 is 0 Å². The predicted molar refractivity (Wildman–Crippen MR) is 96.5 cm³/mol. The fraction of sp³-hybridized carbons (Fsp3) is 0.0714. The van der Waals surface area contributed by atoms with E-state index in [1.165, 1.54) is 0 Å². The molecule has 2 aromatic rings. The van der Waals surface area contributed by atoms with Gasteiger partial charge in [0.15, 0.2) is 0 Å². The monoisotopic (exact) mass is 386 g/mol. The third-order valence-corrected chi connectivity index (χ3v) is 4.50. The maximum atomic E-state index is 6.20. The molecule has 0 bridgehead atoms. The molecule has 0 aliphatic rings. The molecule has 20 heavy (non-hydrogen) atoms. The molecule has 0 aliphatic carbocycles. The van der Waals surface area contributed by atoms with Gasteiger partial charge in [-0.05, 0) is 36.6 Å². The highest BCUT2D eigenvalue weighted by Crippen LogP contribution is 2.33. The van der Waals surface area contributed by atoms with Crippen molar-refractivity contribution >= 4 is 67.9 Å². The van der Waals surface area contributed by atoms with Crippen molar-refractivity contribution in [1.82, 2.24) is 0 Å². The minimum atomic E-state index is 0.364. The molecule has 0 amide bonds. The van der Waals surface area contributed by atoms with E-state index in [0.717, 1.165) is 26.3 Å². The number of halogens is 2. The first-order valence-electron chi connectivity index (χ1n) is 5.72. The fourth-order valence-electron chi connectivity index (χ4n) is 1.80. The number of rotatable bonds is 4. The summed E-state index contributed by atoms with van der Waals surface area (Å²) in [5.41, 5.74) is 8.34. The summed E-state index contributed by atoms with van der Waals surface area (Å²) in [6.45, 7) is 0. The summed E-state index contributed by atoms with van der Waals surface area (Å²) in [6, 6.07) is 11.5. The van der Waals surface area contributed by atoms with Crippen LogP contribution in [-0.4, -0.2) is 11.2 Å². The zero-order chi connectivity index (χ0) is 14.7. The molecular formula is C14H12BrClN2S2. The van der Waals surface area contributed by atoms with Gasteiger partial charge in [-0.3, -0.25) is 0 Å². The second kappa shape index (κ2) is 6.80. The summed E-state index contributed by atoms with van der Waals surface area (Å²) in [7, 11) is 0. The second-order valence-corrected chi connectivity index (χ2v) is 6.61. The Bertz CT molecular complexity index is 662. The lowest BCUT2D eigenvalue weighted by Crippen LogP contribution is -2.13. The number of benzene rings is 2. The zero-order valence-electron chi connectivity index (χ0n) is 10.6. The van der Waals surface area contributed by atoms with Gasteiger partial charge in [-0.1, -0.05) is 45.8 Å². The smallest absolute Gasteiger partial charge is 0.107 e. The van der Waals surface area contributed by atoms with E-state index in [2.05, 4.69) is 21.2 Å². The molecule has 0 fully saturated rings. The van der Waals surface area contributed by atoms with E-state index < -0.39 is 0 Å². The van der Waals surface area contributed by atoms with Crippen molar-refractivity contribution in [2.45, 2.75) is 4.90 Å². The molecule has 0 unspecified atom stereocenters. The van der Waals surface area contributed by atoms with Crippen molar-refractivity contribution in [3.8, 4) is 0 Å². The van der Waals surface area contributed by atoms with Gasteiger partial charge in [-0.15, -0.1) is 11.8 Å². The standard InChI is InChI=1S/C14H12BrClN2S2/c1-20-12-4-2-3-10(13(12)14(17)19)18-11-7-8(15)5-6-9(11)16/h2-7,18H,1H3,(H2,17,19). The number of thioether (sulfide) groups is 1. The van der Waals surface area contributed by atoms with Crippen LogP contribution in [0, 0.1) is 0 Å². The summed E-state index contributed by atoms with van der Waals surface area (Å²) in [5.74, 6) is 0. The molecule has 2 nitrogen and oxygen atoms in total. The second-order valence-electron chi connectivity index (χ2n) is 4.00. The third kappa shape index (κ3) is 3.47. The Kier molecular flexibility index (Phi) is 5.32. The van der Waals surface area contributed by atoms with E-state index >= 15 is 0 Å². The van der Waals surface area contributed by atoms with Crippen LogP contribution in [0.15, 0.2) is 45.8 Å². The SMILES string of the molecule is CSc1cccc(Nc2cc(Br)ccc2Cl)c1C(N)=S. The molecule has 3 N–H and O–H groups in total. The van der Waals surface area contributed by atoms with Crippen LogP contribution in [0.1, 0.15) is 5.56 Å². The van der Waals surface area contributed by atoms with E-state index in [0.29, 0.717) is 10.0 Å². The van der Waals surface area contributed by atoms with Gasteiger partial charge in [0.2, 0.25) is 0 Å². The van der Waals surface area contributed by atoms with Gasteiger partial charge in [0.05, 0.1) is 10.7 Å². The molecule has 104 valence electrons. The van der Waals surface area contributed by atoms with Gasteiger partial charge in [0, 0.05) is 20.6 Å². The van der Waals surface area contributed by atoms with Gasteiger partial charge in [-0.2, -0.15) is 0 Å². The summed E-state index contributed by atoms with van der Waals surface area (Å²) in [4.78, 5) is 1.40. The van der Waals surface area contributed by atoms with Crippen LogP contribution in [0.25, 0.3) is 0 Å². The normalized spacial score (nSPS) is 10.3. The third-order valence-electron chi connectivity index (χ3n) is 2.69. The summed E-state index contributed by atoms with van der Waals surface area (Å²) >= 11 is 16.4. The lowest BCUT2D eigenvalue weighted by atomic mass is 10.1. The summed E-state index contributed by atoms with van der Waals surface area (Å²) in [5, 5.41) is 3.93. The zero-order valence-corrected chi connectivity index (χ0v) is 14.6. The van der Waals surface area contributed by atoms with Crippen molar-refractivity contribution in [1.29, 1.82) is 0 Å². The van der Waals surface area contributed by atoms with Crippen molar-refractivity contribution in [3.63, 3.8) is 0 Å². The van der Waals surface area contributed by atoms with E-state index in [4.69, 9.17) is 29.6 Å². The van der Waals surface area contributed by atoms with Crippen LogP contribution < -0.4 is 11.1 Å². The lowest BCUT2D eigenvalue weighted by molar-refractivity contribution is 1.39. The van der Waals surface area contributed by atoms with Gasteiger partial charge < -0.3 is 11.1 Å². The molecule has 0 heterocycles. The first-order valence-corrected chi connectivity index (χ1v) is 8.52. The Hall–Kier alpha value is -0.750. The van der Waals surface area contributed by atoms with Crippen molar-refractivity contribution in [3.05, 3.63) is 51.5 Å². The molecule has 0 aromatic heterocycles. The predicted octanol–water partition coefficient (Wildman–Crippen LogP) is 5.20. The summed E-state index contributed by atoms with van der Waals surface area (Å²) in [6.07, 6.45) is 1.99. The Labute approximate surface area is 141 Å². The molecule has 0 saturated carbocycles. The van der Waals surface area contributed by atoms with Gasteiger partial charge in [0.25, 0.3) is 0 Å². The van der Waals surface area contributed by atoms with Gasteiger partial charge in [-0.25, -0.2) is 0 Å². The van der Waals surface area contributed by atoms with E-state index in [-0.39, 0.29) is 0 Å². The Morgan fingerprint density at radius 2 is 2.05 bits per heavy atom. The topological polar surface area (TPSA) is 38.0 Å². The number of nitrogens with one attached hydrogen (secondary N) is 1. The summed E-state index contributed by atoms with van der Waals surface area (Å²) < 4.78 is 0.947. The first-order chi connectivity index (χ1) is 9.52. The largest absolute Gasteiger partial charge is 0.389 e. The molecule has 0 aliphatic heterocycles. The minimum Gasteiger partial charge on any atom is -0.389 e. The van der Waals surface area contributed by atoms with Gasteiger partial charge >= 0.3 is 0 Å². The quantitative estimate of drug-likeness (QED) is 0.558. The molecule has 0 radical (unpaired) electrons. The van der Waals surface area contributed by atoms with Crippen LogP contribution in [0.2, 0.25) is 5.02 Å². The Morgan fingerprint density at radius 1 is 1.30 bits per heavy atom. The fourth-order valence-corrected chi connectivity index (χ4v) is 3.25. The lowest BCUT2D eigenvalue weighted by Gasteiger charge is -2.15. The highest BCUT2D eigenvalue weighted by molar-refractivity contribution is 9.10. The number of anilines is 2. The molecule has 0 atom stereocenters. The maximum absolute atomic E-state index is 6.20. The Morgan fingerprint density at radius 3 is 2.70 bits per heavy atom. The van der Waals surface area contributed by atoms with Crippen molar-refractivity contribution in [2.75, 3.05) is 11.6 Å². The van der Waals surface area contributed by atoms with Crippen LogP contribution in [0.4, 0.5) is 11.4 Å². The van der Waals surface area contributed by atoms with Crippen LogP contribution in [0.5, 0.6) is 0 Å². The number of hydrogen-bond donors (Lipinski definition) is 2. The number of hydrogen-bond acceptors (Lipinski definition) is 3. The minimum absolute atomic E-state index is 0.364. The average molecular weight is 388 g/mol. The Balaban J connectivity index is 2.48. The molecule has 0 spiro atoms. The molecule has 0 saturated heterocycles. The number of thiocarbonyl (C=S) groups is 1. The maximum Gasteiger partial charge on any atom is 0.107 e. The average Bonchev–Trinajstić information content (AvgIpc) is 2.42. The highest BCUT2D eigenvalue weighted by atomic mass is 79.9. The molecule has 2 rings (SSSR count). The van der Waals surface area contributed by atoms with E-state index in [1.807, 2.05) is 42.7 Å². The van der Waals surface area contributed by atoms with Gasteiger partial charge in [0.1, 0.15) is 4.99 Å². The highest BCUT2D eigenvalue weighted by Gasteiger charge is 2.12. The number of nitrogens with two attached hydrogens (primary N) is 1. The van der Waals surface area contributed by atoms with Crippen LogP contribution >= 0.6 is 51.5 Å². The van der Waals surface area contributed by atoms with Crippen LogP contribution in [0.3, 0.4) is 0 Å². The van der Waals surface area contributed by atoms with Crippen molar-refractivity contribution in [2.24, 2.45) is 5.73 Å². The first kappa shape index (κ1) is 15.6.